The number of nitrogens with zero attached hydrogens (tertiary/aromatic N) is 1. The molecular formula is C12H18N2O5S. The van der Waals surface area contributed by atoms with Crippen molar-refractivity contribution in [2.45, 2.75) is 30.2 Å². The van der Waals surface area contributed by atoms with Crippen molar-refractivity contribution < 1.29 is 22.7 Å². The number of hydrogen-bond donors (Lipinski definition) is 1. The van der Waals surface area contributed by atoms with Crippen LogP contribution in [0.5, 0.6) is 0 Å². The molecule has 0 spiro atoms. The van der Waals surface area contributed by atoms with Gasteiger partial charge in [-0.1, -0.05) is 0 Å². The number of sulfonamides is 1. The number of primary sulfonamides is 1. The topological polar surface area (TPSA) is 101 Å². The summed E-state index contributed by atoms with van der Waals surface area (Å²) in [6.07, 6.45) is 4.30. The van der Waals surface area contributed by atoms with Gasteiger partial charge in [0.05, 0.1) is 6.61 Å². The van der Waals surface area contributed by atoms with Crippen molar-refractivity contribution in [3.63, 3.8) is 0 Å². The Kier molecular flexibility index (Phi) is 4.46. The Hall–Kier alpha value is -1.38. The first-order valence-electron chi connectivity index (χ1n) is 6.34. The van der Waals surface area contributed by atoms with Crippen molar-refractivity contribution in [2.24, 2.45) is 5.14 Å². The highest BCUT2D eigenvalue weighted by Crippen LogP contribution is 2.34. The quantitative estimate of drug-likeness (QED) is 0.614. The van der Waals surface area contributed by atoms with Crippen LogP contribution in [0.3, 0.4) is 0 Å². The average Bonchev–Trinajstić information content (AvgIpc) is 2.71. The van der Waals surface area contributed by atoms with Gasteiger partial charge in [-0.15, -0.1) is 0 Å². The summed E-state index contributed by atoms with van der Waals surface area (Å²) in [7, 11) is -2.33. The molecule has 20 heavy (non-hydrogen) atoms. The van der Waals surface area contributed by atoms with E-state index in [1.165, 1.54) is 19.4 Å². The number of carbonyl (C=O) groups is 1. The lowest BCUT2D eigenvalue weighted by Crippen LogP contribution is -2.22. The number of esters is 1. The maximum atomic E-state index is 12.0. The molecule has 0 unspecified atom stereocenters. The molecule has 0 atom stereocenters. The second kappa shape index (κ2) is 5.94. The van der Waals surface area contributed by atoms with E-state index < -0.39 is 16.0 Å². The molecule has 2 N–H and O–H groups in total. The second-order valence-corrected chi connectivity index (χ2v) is 6.29. The molecule has 2 rings (SSSR count). The van der Waals surface area contributed by atoms with Gasteiger partial charge in [-0.05, 0) is 25.3 Å². The van der Waals surface area contributed by atoms with Gasteiger partial charge in [-0.3, -0.25) is 0 Å². The molecule has 1 fully saturated rings. The Morgan fingerprint density at radius 3 is 2.65 bits per heavy atom. The number of aromatic nitrogens is 1. The van der Waals surface area contributed by atoms with E-state index in [1.54, 1.807) is 4.57 Å². The summed E-state index contributed by atoms with van der Waals surface area (Å²) in [5.41, 5.74) is 0.217. The van der Waals surface area contributed by atoms with Gasteiger partial charge in [0.25, 0.3) is 0 Å². The maximum Gasteiger partial charge on any atom is 0.355 e. The van der Waals surface area contributed by atoms with Gasteiger partial charge in [-0.2, -0.15) is 0 Å². The Labute approximate surface area is 117 Å². The van der Waals surface area contributed by atoms with Crippen molar-refractivity contribution in [1.29, 1.82) is 0 Å². The molecule has 1 saturated carbocycles. The van der Waals surface area contributed by atoms with Crippen LogP contribution in [0.2, 0.25) is 0 Å². The molecule has 1 aliphatic rings. The van der Waals surface area contributed by atoms with Crippen molar-refractivity contribution in [1.82, 2.24) is 4.57 Å². The largest absolute Gasteiger partial charge is 0.459 e. The molecule has 7 nitrogen and oxygen atoms in total. The standard InChI is InChI=1S/C12H18N2O5S/c1-18-5-6-19-12(15)11-7-10(20(13,16)17)8-14(11)9-3-2-4-9/h7-9H,2-6H2,1H3,(H2,13,16,17). The van der Waals surface area contributed by atoms with Gasteiger partial charge in [0.15, 0.2) is 0 Å². The van der Waals surface area contributed by atoms with E-state index in [-0.39, 0.29) is 29.8 Å². The highest BCUT2D eigenvalue weighted by molar-refractivity contribution is 7.89. The van der Waals surface area contributed by atoms with Crippen molar-refractivity contribution in [3.8, 4) is 0 Å². The third-order valence-electron chi connectivity index (χ3n) is 3.35. The Bertz CT molecular complexity index is 589. The van der Waals surface area contributed by atoms with E-state index in [0.717, 1.165) is 19.3 Å². The lowest BCUT2D eigenvalue weighted by Gasteiger charge is -2.28. The van der Waals surface area contributed by atoms with Crippen LogP contribution >= 0.6 is 0 Å². The van der Waals surface area contributed by atoms with E-state index in [1.807, 2.05) is 0 Å². The summed E-state index contributed by atoms with van der Waals surface area (Å²) in [6.45, 7) is 0.411. The van der Waals surface area contributed by atoms with Crippen LogP contribution in [0.1, 0.15) is 35.8 Å². The fourth-order valence-corrected chi connectivity index (χ4v) is 2.57. The first kappa shape index (κ1) is 15.0. The van der Waals surface area contributed by atoms with Crippen LogP contribution in [0, 0.1) is 0 Å². The van der Waals surface area contributed by atoms with Gasteiger partial charge in [0, 0.05) is 19.3 Å². The third kappa shape index (κ3) is 3.20. The number of ether oxygens (including phenoxy) is 2. The zero-order chi connectivity index (χ0) is 14.8. The lowest BCUT2D eigenvalue weighted by molar-refractivity contribution is 0.0371. The first-order chi connectivity index (χ1) is 9.43. The highest BCUT2D eigenvalue weighted by Gasteiger charge is 2.27. The minimum Gasteiger partial charge on any atom is -0.459 e. The lowest BCUT2D eigenvalue weighted by atomic mass is 9.93. The van der Waals surface area contributed by atoms with Crippen LogP contribution < -0.4 is 5.14 Å². The van der Waals surface area contributed by atoms with Crippen molar-refractivity contribution >= 4 is 16.0 Å². The molecular weight excluding hydrogens is 284 g/mol. The zero-order valence-corrected chi connectivity index (χ0v) is 12.1. The summed E-state index contributed by atoms with van der Waals surface area (Å²) < 4.78 is 34.3. The summed E-state index contributed by atoms with van der Waals surface area (Å²) in [6, 6.07) is 1.40. The summed E-state index contributed by atoms with van der Waals surface area (Å²) in [5.74, 6) is -0.566. The molecule has 0 aromatic carbocycles. The van der Waals surface area contributed by atoms with Crippen LogP contribution in [0.25, 0.3) is 0 Å². The Balaban J connectivity index is 2.25. The number of hydrogen-bond acceptors (Lipinski definition) is 5. The zero-order valence-electron chi connectivity index (χ0n) is 11.2. The maximum absolute atomic E-state index is 12.0. The van der Waals surface area contributed by atoms with Crippen molar-refractivity contribution in [3.05, 3.63) is 18.0 Å². The van der Waals surface area contributed by atoms with Crippen LogP contribution in [0.15, 0.2) is 17.2 Å². The van der Waals surface area contributed by atoms with Gasteiger partial charge in [0.1, 0.15) is 17.2 Å². The predicted octanol–water partition coefficient (Wildman–Crippen LogP) is 0.664. The van der Waals surface area contributed by atoms with Crippen molar-refractivity contribution in [2.75, 3.05) is 20.3 Å². The molecule has 1 aromatic heterocycles. The third-order valence-corrected chi connectivity index (χ3v) is 4.23. The number of methoxy groups -OCH3 is 1. The molecule has 0 bridgehead atoms. The van der Waals surface area contributed by atoms with E-state index in [9.17, 15) is 13.2 Å². The average molecular weight is 302 g/mol. The number of carbonyl (C=O) groups excluding carboxylic acids is 1. The Morgan fingerprint density at radius 2 is 2.15 bits per heavy atom. The minimum atomic E-state index is -3.83. The summed E-state index contributed by atoms with van der Waals surface area (Å²) in [4.78, 5) is 11.9. The number of nitrogens with two attached hydrogens (primary N) is 1. The highest BCUT2D eigenvalue weighted by atomic mass is 32.2. The van der Waals surface area contributed by atoms with Crippen LogP contribution in [-0.4, -0.2) is 39.3 Å². The van der Waals surface area contributed by atoms with Crippen LogP contribution in [0.4, 0.5) is 0 Å². The SMILES string of the molecule is COCCOC(=O)c1cc(S(N)(=O)=O)cn1C1CCC1. The van der Waals surface area contributed by atoms with Gasteiger partial charge < -0.3 is 14.0 Å². The molecule has 0 aliphatic heterocycles. The minimum absolute atomic E-state index is 0.0666. The van der Waals surface area contributed by atoms with Gasteiger partial charge >= 0.3 is 5.97 Å². The molecule has 8 heteroatoms. The molecule has 1 aromatic rings. The summed E-state index contributed by atoms with van der Waals surface area (Å²) in [5, 5.41) is 5.11. The van der Waals surface area contributed by atoms with E-state index in [4.69, 9.17) is 14.6 Å². The van der Waals surface area contributed by atoms with Gasteiger partial charge in [0.2, 0.25) is 10.0 Å². The van der Waals surface area contributed by atoms with E-state index >= 15 is 0 Å². The molecule has 0 saturated heterocycles. The first-order valence-corrected chi connectivity index (χ1v) is 7.89. The van der Waals surface area contributed by atoms with E-state index in [2.05, 4.69) is 0 Å². The molecule has 0 radical (unpaired) electrons. The van der Waals surface area contributed by atoms with E-state index in [0.29, 0.717) is 0 Å². The normalized spacial score (nSPS) is 15.9. The Morgan fingerprint density at radius 1 is 1.45 bits per heavy atom. The molecule has 1 aliphatic carbocycles. The molecule has 0 amide bonds. The number of rotatable bonds is 6. The summed E-state index contributed by atoms with van der Waals surface area (Å²) >= 11 is 0. The fourth-order valence-electron chi connectivity index (χ4n) is 2.03. The monoisotopic (exact) mass is 302 g/mol. The predicted molar refractivity (Wildman–Crippen MR) is 70.9 cm³/mol. The van der Waals surface area contributed by atoms with Gasteiger partial charge in [-0.25, -0.2) is 18.4 Å². The molecule has 1 heterocycles. The fraction of sp³-hybridized carbons (Fsp3) is 0.583. The second-order valence-electron chi connectivity index (χ2n) is 4.73. The molecule has 112 valence electrons. The smallest absolute Gasteiger partial charge is 0.355 e. The van der Waals surface area contributed by atoms with Crippen LogP contribution in [-0.2, 0) is 19.5 Å².